The Balaban J connectivity index is 1.41. The molecule has 5 rings (SSSR count). The van der Waals surface area contributed by atoms with Crippen LogP contribution < -0.4 is 11.1 Å². The fourth-order valence-electron chi connectivity index (χ4n) is 4.77. The van der Waals surface area contributed by atoms with Crippen molar-refractivity contribution in [3.63, 3.8) is 0 Å². The maximum absolute atomic E-state index is 5.80. The highest BCUT2D eigenvalue weighted by Crippen LogP contribution is 2.66. The molecule has 3 saturated carbocycles. The fourth-order valence-corrected chi connectivity index (χ4v) is 4.77. The number of imidazole rings is 1. The summed E-state index contributed by atoms with van der Waals surface area (Å²) < 4.78 is 0. The van der Waals surface area contributed by atoms with Gasteiger partial charge < -0.3 is 16.0 Å². The molecule has 19 heavy (non-hydrogen) atoms. The third-order valence-electron chi connectivity index (χ3n) is 5.54. The van der Waals surface area contributed by atoms with Crippen molar-refractivity contribution in [3.8, 4) is 0 Å². The van der Waals surface area contributed by atoms with Crippen LogP contribution in [0, 0.1) is 23.7 Å². The average Bonchev–Trinajstić information content (AvgIpc) is 2.79. The first-order valence-electron chi connectivity index (χ1n) is 7.31. The van der Waals surface area contributed by atoms with Gasteiger partial charge in [0.2, 0.25) is 5.95 Å². The summed E-state index contributed by atoms with van der Waals surface area (Å²) in [5.74, 6) is 4.76. The van der Waals surface area contributed by atoms with E-state index in [0.717, 1.165) is 46.3 Å². The molecule has 4 heteroatoms. The van der Waals surface area contributed by atoms with Crippen LogP contribution in [0.15, 0.2) is 18.2 Å². The van der Waals surface area contributed by atoms with Crippen molar-refractivity contribution in [1.82, 2.24) is 9.97 Å². The normalized spacial score (nSPS) is 38.6. The number of nitrogen functional groups attached to an aromatic ring is 1. The Kier molecular flexibility index (Phi) is 1.73. The quantitative estimate of drug-likeness (QED) is 0.722. The molecule has 4 atom stereocenters. The van der Waals surface area contributed by atoms with E-state index >= 15 is 0 Å². The molecule has 3 fully saturated rings. The van der Waals surface area contributed by atoms with Crippen LogP contribution in [-0.2, 0) is 0 Å². The number of nitrogens with zero attached hydrogens (tertiary/aromatic N) is 1. The lowest BCUT2D eigenvalue weighted by molar-refractivity contribution is 0.456. The van der Waals surface area contributed by atoms with Gasteiger partial charge in [-0.2, -0.15) is 0 Å². The Hall–Kier alpha value is -1.71. The Morgan fingerprint density at radius 2 is 2.00 bits per heavy atom. The van der Waals surface area contributed by atoms with E-state index in [1.165, 1.54) is 19.3 Å². The molecule has 1 heterocycles. The molecule has 4 nitrogen and oxygen atoms in total. The lowest BCUT2D eigenvalue weighted by Gasteiger charge is -2.09. The third-order valence-corrected chi connectivity index (χ3v) is 5.54. The molecule has 0 spiro atoms. The second-order valence-corrected chi connectivity index (χ2v) is 6.52. The monoisotopic (exact) mass is 254 g/mol. The van der Waals surface area contributed by atoms with Gasteiger partial charge in [-0.25, -0.2) is 4.98 Å². The molecule has 4 unspecified atom stereocenters. The van der Waals surface area contributed by atoms with Gasteiger partial charge in [-0.15, -0.1) is 0 Å². The Labute approximate surface area is 111 Å². The number of nitrogens with one attached hydrogen (secondary N) is 2. The third kappa shape index (κ3) is 1.32. The van der Waals surface area contributed by atoms with Crippen LogP contribution in [0.1, 0.15) is 19.3 Å². The summed E-state index contributed by atoms with van der Waals surface area (Å²) in [7, 11) is 0. The van der Waals surface area contributed by atoms with E-state index in [-0.39, 0.29) is 0 Å². The van der Waals surface area contributed by atoms with E-state index in [9.17, 15) is 0 Å². The predicted molar refractivity (Wildman–Crippen MR) is 75.7 cm³/mol. The van der Waals surface area contributed by atoms with Crippen molar-refractivity contribution in [2.75, 3.05) is 11.1 Å². The minimum atomic E-state index is 0.671. The van der Waals surface area contributed by atoms with Crippen LogP contribution in [0.5, 0.6) is 0 Å². The second kappa shape index (κ2) is 3.24. The van der Waals surface area contributed by atoms with E-state index in [4.69, 9.17) is 5.73 Å². The minimum absolute atomic E-state index is 0.671. The number of hydrogen-bond donors (Lipinski definition) is 3. The number of benzene rings is 1. The summed E-state index contributed by atoms with van der Waals surface area (Å²) in [4.78, 5) is 7.95. The molecule has 4 N–H and O–H groups in total. The van der Waals surface area contributed by atoms with Crippen molar-refractivity contribution < 1.29 is 0 Å². The van der Waals surface area contributed by atoms with Crippen molar-refractivity contribution in [2.24, 2.45) is 23.7 Å². The summed E-state index contributed by atoms with van der Waals surface area (Å²) >= 11 is 0. The van der Waals surface area contributed by atoms with Crippen LogP contribution in [0.2, 0.25) is 0 Å². The van der Waals surface area contributed by atoms with Crippen molar-refractivity contribution in [3.05, 3.63) is 18.2 Å². The van der Waals surface area contributed by atoms with Crippen LogP contribution in [0.25, 0.3) is 11.0 Å². The van der Waals surface area contributed by atoms with Crippen molar-refractivity contribution in [1.29, 1.82) is 0 Å². The maximum atomic E-state index is 5.80. The predicted octanol–water partition coefficient (Wildman–Crippen LogP) is 2.60. The zero-order valence-corrected chi connectivity index (χ0v) is 10.8. The summed E-state index contributed by atoms with van der Waals surface area (Å²) in [6.07, 6.45) is 4.41. The van der Waals surface area contributed by atoms with Gasteiger partial charge in [-0.3, -0.25) is 0 Å². The highest BCUT2D eigenvalue weighted by Gasteiger charge is 2.65. The van der Waals surface area contributed by atoms with Crippen LogP contribution in [-0.4, -0.2) is 16.0 Å². The number of hydrogen-bond acceptors (Lipinski definition) is 3. The standard InChI is InChI=1S/C15H18N4/c16-9-3-4-10-11(6-9)18-15(17-10)19-14-12-7-1-2-8(5-7)13(12)14/h3-4,6-8,12-14H,1-2,5,16H2,(H2,17,18,19). The molecule has 0 aliphatic heterocycles. The Bertz CT molecular complexity index is 645. The molecule has 2 bridgehead atoms. The number of aromatic nitrogens is 2. The summed E-state index contributed by atoms with van der Waals surface area (Å²) in [6, 6.07) is 6.50. The first-order chi connectivity index (χ1) is 9.29. The number of fused-ring (bicyclic) bond motifs is 6. The van der Waals surface area contributed by atoms with E-state index in [1.54, 1.807) is 0 Å². The Morgan fingerprint density at radius 1 is 1.21 bits per heavy atom. The van der Waals surface area contributed by atoms with E-state index in [2.05, 4.69) is 15.3 Å². The molecule has 0 amide bonds. The Morgan fingerprint density at radius 3 is 2.79 bits per heavy atom. The fraction of sp³-hybridized carbons (Fsp3) is 0.533. The summed E-state index contributed by atoms with van der Waals surface area (Å²) in [5, 5.41) is 3.62. The van der Waals surface area contributed by atoms with Gasteiger partial charge in [0.25, 0.3) is 0 Å². The summed E-state index contributed by atoms with van der Waals surface area (Å²) in [5.41, 5.74) is 8.60. The highest BCUT2D eigenvalue weighted by molar-refractivity contribution is 5.80. The molecule has 1 aromatic carbocycles. The van der Waals surface area contributed by atoms with E-state index < -0.39 is 0 Å². The first-order valence-corrected chi connectivity index (χ1v) is 7.31. The molecule has 3 aliphatic rings. The number of H-pyrrole nitrogens is 1. The second-order valence-electron chi connectivity index (χ2n) is 6.52. The molecule has 98 valence electrons. The lowest BCUT2D eigenvalue weighted by Crippen LogP contribution is -2.13. The number of rotatable bonds is 2. The van der Waals surface area contributed by atoms with Crippen LogP contribution in [0.4, 0.5) is 11.6 Å². The molecule has 2 aromatic rings. The molecule has 1 aromatic heterocycles. The zero-order chi connectivity index (χ0) is 12.6. The van der Waals surface area contributed by atoms with Crippen molar-refractivity contribution in [2.45, 2.75) is 25.3 Å². The van der Waals surface area contributed by atoms with Crippen LogP contribution >= 0.6 is 0 Å². The van der Waals surface area contributed by atoms with Gasteiger partial charge in [-0.1, -0.05) is 0 Å². The van der Waals surface area contributed by atoms with Gasteiger partial charge in [0.05, 0.1) is 11.0 Å². The SMILES string of the molecule is Nc1ccc2nc(NC3C4C5CCC(C5)C34)[nH]c2c1. The minimum Gasteiger partial charge on any atom is -0.399 e. The van der Waals surface area contributed by atoms with Gasteiger partial charge in [-0.05, 0) is 61.1 Å². The molecule has 0 saturated heterocycles. The van der Waals surface area contributed by atoms with Gasteiger partial charge in [0, 0.05) is 11.7 Å². The molecule has 0 radical (unpaired) electrons. The number of anilines is 2. The van der Waals surface area contributed by atoms with Gasteiger partial charge in [0.1, 0.15) is 0 Å². The molecular weight excluding hydrogens is 236 g/mol. The van der Waals surface area contributed by atoms with Gasteiger partial charge in [0.15, 0.2) is 0 Å². The largest absolute Gasteiger partial charge is 0.399 e. The van der Waals surface area contributed by atoms with Gasteiger partial charge >= 0.3 is 0 Å². The van der Waals surface area contributed by atoms with E-state index in [0.29, 0.717) is 6.04 Å². The van der Waals surface area contributed by atoms with Crippen molar-refractivity contribution >= 4 is 22.7 Å². The molecular formula is C15H18N4. The average molecular weight is 254 g/mol. The topological polar surface area (TPSA) is 66.7 Å². The molecule has 3 aliphatic carbocycles. The summed E-state index contributed by atoms with van der Waals surface area (Å²) in [6.45, 7) is 0. The smallest absolute Gasteiger partial charge is 0.201 e. The maximum Gasteiger partial charge on any atom is 0.201 e. The first kappa shape index (κ1) is 10.1. The van der Waals surface area contributed by atoms with E-state index in [1.807, 2.05) is 18.2 Å². The number of nitrogens with two attached hydrogens (primary N) is 1. The van der Waals surface area contributed by atoms with Crippen LogP contribution in [0.3, 0.4) is 0 Å². The number of aromatic amines is 1. The zero-order valence-electron chi connectivity index (χ0n) is 10.8. The lowest BCUT2D eigenvalue weighted by atomic mass is 10.0. The highest BCUT2D eigenvalue weighted by atomic mass is 15.2.